The standard InChI is InChI=1S/C18H13Cl2NO3S/c19-13-4-6-15(7-5-13)24-9-8-21-17(22)16(25-18(21)23)11-12-2-1-3-14(20)10-12/h1-7,10-11H,8-9H2/b16-11-. The largest absolute Gasteiger partial charge is 0.492 e. The average Bonchev–Trinajstić information content (AvgIpc) is 2.84. The van der Waals surface area contributed by atoms with Gasteiger partial charge in [0.1, 0.15) is 12.4 Å². The minimum absolute atomic E-state index is 0.181. The van der Waals surface area contributed by atoms with Crippen molar-refractivity contribution in [3.63, 3.8) is 0 Å². The molecular formula is C18H13Cl2NO3S. The number of hydrogen-bond donors (Lipinski definition) is 0. The third-order valence-corrected chi connectivity index (χ3v) is 4.81. The Balaban J connectivity index is 1.62. The molecule has 25 heavy (non-hydrogen) atoms. The number of nitrogens with zero attached hydrogens (tertiary/aromatic N) is 1. The van der Waals surface area contributed by atoms with Crippen LogP contribution in [0.15, 0.2) is 53.4 Å². The first-order chi connectivity index (χ1) is 12.0. The number of imide groups is 1. The zero-order valence-electron chi connectivity index (χ0n) is 12.9. The fourth-order valence-corrected chi connectivity index (χ4v) is 3.42. The van der Waals surface area contributed by atoms with E-state index < -0.39 is 0 Å². The van der Waals surface area contributed by atoms with E-state index in [1.165, 1.54) is 4.90 Å². The number of thioether (sulfide) groups is 1. The van der Waals surface area contributed by atoms with Crippen LogP contribution in [0.4, 0.5) is 4.79 Å². The van der Waals surface area contributed by atoms with E-state index in [4.69, 9.17) is 27.9 Å². The zero-order valence-corrected chi connectivity index (χ0v) is 15.3. The Morgan fingerprint density at radius 2 is 1.80 bits per heavy atom. The molecule has 0 saturated carbocycles. The molecule has 0 N–H and O–H groups in total. The van der Waals surface area contributed by atoms with Crippen molar-refractivity contribution in [2.75, 3.05) is 13.2 Å². The Labute approximate surface area is 159 Å². The molecule has 4 nitrogen and oxygen atoms in total. The zero-order chi connectivity index (χ0) is 17.8. The van der Waals surface area contributed by atoms with Crippen molar-refractivity contribution in [1.29, 1.82) is 0 Å². The van der Waals surface area contributed by atoms with E-state index in [9.17, 15) is 9.59 Å². The van der Waals surface area contributed by atoms with E-state index in [1.54, 1.807) is 48.5 Å². The van der Waals surface area contributed by atoms with Crippen molar-refractivity contribution in [2.45, 2.75) is 0 Å². The molecule has 1 saturated heterocycles. The maximum Gasteiger partial charge on any atom is 0.293 e. The summed E-state index contributed by atoms with van der Waals surface area (Å²) in [6.07, 6.45) is 1.66. The second-order valence-electron chi connectivity index (χ2n) is 5.19. The van der Waals surface area contributed by atoms with Crippen LogP contribution in [0.3, 0.4) is 0 Å². The predicted octanol–water partition coefficient (Wildman–Crippen LogP) is 5.11. The maximum absolute atomic E-state index is 12.4. The van der Waals surface area contributed by atoms with Gasteiger partial charge in [0.2, 0.25) is 0 Å². The molecule has 0 bridgehead atoms. The lowest BCUT2D eigenvalue weighted by Gasteiger charge is -2.13. The molecular weight excluding hydrogens is 381 g/mol. The highest BCUT2D eigenvalue weighted by atomic mass is 35.5. The summed E-state index contributed by atoms with van der Waals surface area (Å²) in [4.78, 5) is 26.0. The summed E-state index contributed by atoms with van der Waals surface area (Å²) in [6, 6.07) is 14.0. The molecule has 1 aliphatic heterocycles. The Morgan fingerprint density at radius 3 is 2.52 bits per heavy atom. The lowest BCUT2D eigenvalue weighted by molar-refractivity contribution is -0.123. The first-order valence-electron chi connectivity index (χ1n) is 7.42. The third-order valence-electron chi connectivity index (χ3n) is 3.42. The van der Waals surface area contributed by atoms with Gasteiger partial charge in [-0.1, -0.05) is 35.3 Å². The van der Waals surface area contributed by atoms with Crippen LogP contribution in [0.1, 0.15) is 5.56 Å². The number of hydrogen-bond acceptors (Lipinski definition) is 4. The van der Waals surface area contributed by atoms with Crippen molar-refractivity contribution < 1.29 is 14.3 Å². The van der Waals surface area contributed by atoms with Gasteiger partial charge in [0, 0.05) is 10.0 Å². The molecule has 7 heteroatoms. The van der Waals surface area contributed by atoms with Crippen molar-refractivity contribution in [3.8, 4) is 5.75 Å². The van der Waals surface area contributed by atoms with Gasteiger partial charge in [0.05, 0.1) is 11.4 Å². The number of carbonyl (C=O) groups excluding carboxylic acids is 2. The second kappa shape index (κ2) is 7.95. The van der Waals surface area contributed by atoms with Crippen molar-refractivity contribution in [3.05, 3.63) is 69.0 Å². The first kappa shape index (κ1) is 17.9. The lowest BCUT2D eigenvalue weighted by Crippen LogP contribution is -2.32. The van der Waals surface area contributed by atoms with Crippen LogP contribution in [0.2, 0.25) is 10.0 Å². The summed E-state index contributed by atoms with van der Waals surface area (Å²) >= 11 is 12.7. The second-order valence-corrected chi connectivity index (χ2v) is 7.06. The van der Waals surface area contributed by atoms with Gasteiger partial charge in [0.25, 0.3) is 11.1 Å². The monoisotopic (exact) mass is 393 g/mol. The Hall–Kier alpha value is -1.95. The van der Waals surface area contributed by atoms with Crippen LogP contribution in [-0.2, 0) is 4.79 Å². The number of ether oxygens (including phenoxy) is 1. The van der Waals surface area contributed by atoms with Crippen LogP contribution in [-0.4, -0.2) is 29.2 Å². The van der Waals surface area contributed by atoms with Crippen LogP contribution in [0.5, 0.6) is 5.75 Å². The van der Waals surface area contributed by atoms with Gasteiger partial charge in [-0.05, 0) is 59.8 Å². The number of carbonyl (C=O) groups is 2. The van der Waals surface area contributed by atoms with E-state index >= 15 is 0 Å². The topological polar surface area (TPSA) is 46.6 Å². The van der Waals surface area contributed by atoms with Crippen molar-refractivity contribution in [1.82, 2.24) is 4.90 Å². The SMILES string of the molecule is O=C1S/C(=C\c2cccc(Cl)c2)C(=O)N1CCOc1ccc(Cl)cc1. The lowest BCUT2D eigenvalue weighted by atomic mass is 10.2. The minimum atomic E-state index is -0.324. The van der Waals surface area contributed by atoms with E-state index in [-0.39, 0.29) is 24.3 Å². The summed E-state index contributed by atoms with van der Waals surface area (Å²) in [5, 5.41) is 0.881. The summed E-state index contributed by atoms with van der Waals surface area (Å²) < 4.78 is 5.54. The fourth-order valence-electron chi connectivity index (χ4n) is 2.23. The summed E-state index contributed by atoms with van der Waals surface area (Å²) in [5.74, 6) is 0.306. The first-order valence-corrected chi connectivity index (χ1v) is 8.99. The molecule has 2 aromatic carbocycles. The van der Waals surface area contributed by atoms with E-state index in [1.807, 2.05) is 6.07 Å². The predicted molar refractivity (Wildman–Crippen MR) is 101 cm³/mol. The molecule has 0 unspecified atom stereocenters. The molecule has 0 atom stereocenters. The van der Waals surface area contributed by atoms with Gasteiger partial charge in [-0.15, -0.1) is 0 Å². The van der Waals surface area contributed by atoms with Crippen molar-refractivity contribution >= 4 is 52.2 Å². The molecule has 2 amide bonds. The maximum atomic E-state index is 12.4. The Bertz CT molecular complexity index is 836. The number of benzene rings is 2. The molecule has 2 aromatic rings. The summed E-state index contributed by atoms with van der Waals surface area (Å²) in [5.41, 5.74) is 0.774. The van der Waals surface area contributed by atoms with Crippen LogP contribution in [0.25, 0.3) is 6.08 Å². The quantitative estimate of drug-likeness (QED) is 0.662. The smallest absolute Gasteiger partial charge is 0.293 e. The fraction of sp³-hybridized carbons (Fsp3) is 0.111. The Morgan fingerprint density at radius 1 is 1.04 bits per heavy atom. The van der Waals surface area contributed by atoms with Crippen molar-refractivity contribution in [2.24, 2.45) is 0 Å². The van der Waals surface area contributed by atoms with Gasteiger partial charge < -0.3 is 4.74 Å². The Kier molecular flexibility index (Phi) is 5.68. The number of rotatable bonds is 5. The highest BCUT2D eigenvalue weighted by Crippen LogP contribution is 2.32. The minimum Gasteiger partial charge on any atom is -0.492 e. The van der Waals surface area contributed by atoms with Gasteiger partial charge >= 0.3 is 0 Å². The van der Waals surface area contributed by atoms with E-state index in [2.05, 4.69) is 0 Å². The molecule has 3 rings (SSSR count). The average molecular weight is 394 g/mol. The number of halogens is 2. The van der Waals surface area contributed by atoms with Gasteiger partial charge in [0.15, 0.2) is 0 Å². The van der Waals surface area contributed by atoms with Gasteiger partial charge in [-0.25, -0.2) is 0 Å². The molecule has 0 aliphatic carbocycles. The van der Waals surface area contributed by atoms with E-state index in [0.29, 0.717) is 20.7 Å². The van der Waals surface area contributed by atoms with Gasteiger partial charge in [-0.3, -0.25) is 14.5 Å². The summed E-state index contributed by atoms with van der Waals surface area (Å²) in [7, 11) is 0. The van der Waals surface area contributed by atoms with Crippen LogP contribution < -0.4 is 4.74 Å². The molecule has 1 heterocycles. The van der Waals surface area contributed by atoms with Crippen LogP contribution in [0, 0.1) is 0 Å². The van der Waals surface area contributed by atoms with E-state index in [0.717, 1.165) is 17.3 Å². The highest BCUT2D eigenvalue weighted by Gasteiger charge is 2.34. The molecule has 0 aromatic heterocycles. The van der Waals surface area contributed by atoms with Gasteiger partial charge in [-0.2, -0.15) is 0 Å². The van der Waals surface area contributed by atoms with Crippen LogP contribution >= 0.6 is 35.0 Å². The third kappa shape index (κ3) is 4.57. The summed E-state index contributed by atoms with van der Waals surface area (Å²) in [6.45, 7) is 0.393. The normalized spacial score (nSPS) is 15.9. The molecule has 1 aliphatic rings. The molecule has 128 valence electrons. The molecule has 0 spiro atoms. The number of amides is 2. The molecule has 0 radical (unpaired) electrons. The highest BCUT2D eigenvalue weighted by molar-refractivity contribution is 8.18. The molecule has 1 fully saturated rings.